The normalized spacial score (nSPS) is 10.6. The highest BCUT2D eigenvalue weighted by Gasteiger charge is 2.20. The van der Waals surface area contributed by atoms with Crippen LogP contribution in [0.2, 0.25) is 0 Å². The molecule has 0 aliphatic rings. The van der Waals surface area contributed by atoms with Crippen LogP contribution in [-0.4, -0.2) is 27.3 Å². The van der Waals surface area contributed by atoms with E-state index in [0.717, 1.165) is 0 Å². The van der Waals surface area contributed by atoms with Gasteiger partial charge in [-0.05, 0) is 17.6 Å². The molecule has 0 amide bonds. The van der Waals surface area contributed by atoms with Gasteiger partial charge in [0.25, 0.3) is 5.89 Å². The van der Waals surface area contributed by atoms with Crippen molar-refractivity contribution in [2.75, 3.05) is 0 Å². The molecule has 0 atom stereocenters. The minimum absolute atomic E-state index is 0.0327. The van der Waals surface area contributed by atoms with E-state index in [1.54, 1.807) is 36.4 Å². The molecule has 0 aliphatic heterocycles. The molecule has 0 spiro atoms. The molecular formula is C14H10BFN2O3. The summed E-state index contributed by atoms with van der Waals surface area (Å²) in [6.45, 7) is 0. The number of halogens is 1. The number of rotatable bonds is 3. The standard InChI is InChI=1S/C14H10BFN2O3/c16-12-8-4-2-6-10(12)14-17-13(18-21-14)9-5-1-3-7-11(9)15(19)20/h1-8,19-20H. The third-order valence-electron chi connectivity index (χ3n) is 3.01. The lowest BCUT2D eigenvalue weighted by molar-refractivity contribution is 0.425. The lowest BCUT2D eigenvalue weighted by Crippen LogP contribution is -2.31. The number of hydrogen-bond acceptors (Lipinski definition) is 5. The molecule has 0 saturated heterocycles. The molecule has 0 aliphatic carbocycles. The van der Waals surface area contributed by atoms with Gasteiger partial charge in [0.1, 0.15) is 5.82 Å². The monoisotopic (exact) mass is 284 g/mol. The average Bonchev–Trinajstić information content (AvgIpc) is 2.97. The largest absolute Gasteiger partial charge is 0.489 e. The summed E-state index contributed by atoms with van der Waals surface area (Å²) in [7, 11) is -1.66. The predicted molar refractivity (Wildman–Crippen MR) is 75.0 cm³/mol. The summed E-state index contributed by atoms with van der Waals surface area (Å²) in [6.07, 6.45) is 0. The van der Waals surface area contributed by atoms with Crippen molar-refractivity contribution in [2.24, 2.45) is 0 Å². The van der Waals surface area contributed by atoms with Crippen molar-refractivity contribution in [3.8, 4) is 22.8 Å². The van der Waals surface area contributed by atoms with Crippen molar-refractivity contribution in [3.63, 3.8) is 0 Å². The molecule has 0 radical (unpaired) electrons. The SMILES string of the molecule is OB(O)c1ccccc1-c1noc(-c2ccccc2F)n1. The van der Waals surface area contributed by atoms with Crippen LogP contribution in [0, 0.1) is 5.82 Å². The Kier molecular flexibility index (Phi) is 3.51. The Balaban J connectivity index is 2.06. The number of benzene rings is 2. The molecule has 3 aromatic rings. The van der Waals surface area contributed by atoms with E-state index in [0.29, 0.717) is 5.56 Å². The summed E-state index contributed by atoms with van der Waals surface area (Å²) in [5.41, 5.74) is 0.857. The fourth-order valence-electron chi connectivity index (χ4n) is 2.00. The van der Waals surface area contributed by atoms with Gasteiger partial charge in [-0.3, -0.25) is 0 Å². The minimum atomic E-state index is -1.66. The zero-order valence-electron chi connectivity index (χ0n) is 10.8. The molecule has 2 N–H and O–H groups in total. The smallest absolute Gasteiger partial charge is 0.423 e. The van der Waals surface area contributed by atoms with Crippen LogP contribution >= 0.6 is 0 Å². The highest BCUT2D eigenvalue weighted by atomic mass is 19.1. The van der Waals surface area contributed by atoms with Crippen molar-refractivity contribution >= 4 is 12.6 Å². The Labute approximate surface area is 119 Å². The van der Waals surface area contributed by atoms with E-state index < -0.39 is 12.9 Å². The number of aromatic nitrogens is 2. The topological polar surface area (TPSA) is 79.4 Å². The molecule has 21 heavy (non-hydrogen) atoms. The Morgan fingerprint density at radius 2 is 1.62 bits per heavy atom. The highest BCUT2D eigenvalue weighted by Crippen LogP contribution is 2.23. The molecule has 0 saturated carbocycles. The lowest BCUT2D eigenvalue weighted by atomic mass is 9.77. The van der Waals surface area contributed by atoms with Gasteiger partial charge < -0.3 is 14.6 Å². The van der Waals surface area contributed by atoms with Crippen molar-refractivity contribution in [1.82, 2.24) is 10.1 Å². The quantitative estimate of drug-likeness (QED) is 0.707. The third-order valence-corrected chi connectivity index (χ3v) is 3.01. The summed E-state index contributed by atoms with van der Waals surface area (Å²) < 4.78 is 18.7. The van der Waals surface area contributed by atoms with E-state index in [4.69, 9.17) is 4.52 Å². The second-order valence-electron chi connectivity index (χ2n) is 4.36. The average molecular weight is 284 g/mol. The van der Waals surface area contributed by atoms with Gasteiger partial charge in [-0.1, -0.05) is 41.6 Å². The summed E-state index contributed by atoms with van der Waals surface area (Å²) in [4.78, 5) is 4.11. The zero-order valence-corrected chi connectivity index (χ0v) is 10.8. The molecule has 1 aromatic heterocycles. The maximum Gasteiger partial charge on any atom is 0.489 e. The predicted octanol–water partition coefficient (Wildman–Crippen LogP) is 1.22. The van der Waals surface area contributed by atoms with Crippen LogP contribution in [-0.2, 0) is 0 Å². The molecule has 0 unspecified atom stereocenters. The Bertz CT molecular complexity index is 776. The van der Waals surface area contributed by atoms with Gasteiger partial charge in [0.15, 0.2) is 0 Å². The van der Waals surface area contributed by atoms with E-state index in [1.807, 2.05) is 0 Å². The molecule has 2 aromatic carbocycles. The van der Waals surface area contributed by atoms with Gasteiger partial charge in [0.05, 0.1) is 5.56 Å². The first-order chi connectivity index (χ1) is 10.2. The molecule has 104 valence electrons. The second kappa shape index (κ2) is 5.47. The number of hydrogen-bond donors (Lipinski definition) is 2. The van der Waals surface area contributed by atoms with Crippen LogP contribution in [0.4, 0.5) is 4.39 Å². The lowest BCUT2D eigenvalue weighted by Gasteiger charge is -2.03. The Hall–Kier alpha value is -2.51. The third kappa shape index (κ3) is 2.56. The van der Waals surface area contributed by atoms with Crippen LogP contribution in [0.25, 0.3) is 22.8 Å². The van der Waals surface area contributed by atoms with Crippen molar-refractivity contribution in [1.29, 1.82) is 0 Å². The van der Waals surface area contributed by atoms with Crippen LogP contribution in [0.15, 0.2) is 53.1 Å². The van der Waals surface area contributed by atoms with Gasteiger partial charge in [-0.25, -0.2) is 4.39 Å². The highest BCUT2D eigenvalue weighted by molar-refractivity contribution is 6.60. The molecule has 0 fully saturated rings. The van der Waals surface area contributed by atoms with Crippen molar-refractivity contribution in [3.05, 3.63) is 54.3 Å². The summed E-state index contributed by atoms with van der Waals surface area (Å²) >= 11 is 0. The van der Waals surface area contributed by atoms with Gasteiger partial charge >= 0.3 is 7.12 Å². The minimum Gasteiger partial charge on any atom is -0.423 e. The van der Waals surface area contributed by atoms with Gasteiger partial charge in [0.2, 0.25) is 5.82 Å². The molecule has 1 heterocycles. The maximum atomic E-state index is 13.7. The number of nitrogens with zero attached hydrogens (tertiary/aromatic N) is 2. The first-order valence-electron chi connectivity index (χ1n) is 6.21. The summed E-state index contributed by atoms with van der Waals surface area (Å²) in [5, 5.41) is 22.5. The summed E-state index contributed by atoms with van der Waals surface area (Å²) in [6, 6.07) is 12.6. The van der Waals surface area contributed by atoms with Crippen molar-refractivity contribution in [2.45, 2.75) is 0 Å². The summed E-state index contributed by atoms with van der Waals surface area (Å²) in [5.74, 6) is -0.273. The second-order valence-corrected chi connectivity index (χ2v) is 4.36. The van der Waals surface area contributed by atoms with Gasteiger partial charge in [-0.2, -0.15) is 4.98 Å². The molecule has 3 rings (SSSR count). The van der Waals surface area contributed by atoms with Crippen LogP contribution in [0.5, 0.6) is 0 Å². The fourth-order valence-corrected chi connectivity index (χ4v) is 2.00. The molecule has 0 bridgehead atoms. The van der Waals surface area contributed by atoms with E-state index in [2.05, 4.69) is 10.1 Å². The van der Waals surface area contributed by atoms with Crippen LogP contribution in [0.1, 0.15) is 0 Å². The Morgan fingerprint density at radius 1 is 0.952 bits per heavy atom. The van der Waals surface area contributed by atoms with E-state index in [9.17, 15) is 14.4 Å². The van der Waals surface area contributed by atoms with E-state index >= 15 is 0 Å². The molecule has 7 heteroatoms. The zero-order chi connectivity index (χ0) is 14.8. The molecular weight excluding hydrogens is 274 g/mol. The van der Waals surface area contributed by atoms with E-state index in [1.165, 1.54) is 12.1 Å². The first kappa shape index (κ1) is 13.5. The van der Waals surface area contributed by atoms with Gasteiger partial charge in [-0.15, -0.1) is 0 Å². The Morgan fingerprint density at radius 3 is 2.33 bits per heavy atom. The van der Waals surface area contributed by atoms with Crippen molar-refractivity contribution < 1.29 is 19.0 Å². The van der Waals surface area contributed by atoms with Gasteiger partial charge in [0, 0.05) is 5.56 Å². The molecule has 5 nitrogen and oxygen atoms in total. The van der Waals surface area contributed by atoms with E-state index in [-0.39, 0.29) is 22.7 Å². The maximum absolute atomic E-state index is 13.7. The first-order valence-corrected chi connectivity index (χ1v) is 6.21. The van der Waals surface area contributed by atoms with Crippen LogP contribution in [0.3, 0.4) is 0 Å². The van der Waals surface area contributed by atoms with Crippen LogP contribution < -0.4 is 5.46 Å². The fraction of sp³-hybridized carbons (Fsp3) is 0.